The molecule has 3 aromatic rings. The van der Waals surface area contributed by atoms with Crippen LogP contribution in [-0.4, -0.2) is 17.5 Å². The van der Waals surface area contributed by atoms with Crippen LogP contribution in [0.4, 0.5) is 0 Å². The van der Waals surface area contributed by atoms with Crippen LogP contribution in [0.2, 0.25) is 0 Å². The van der Waals surface area contributed by atoms with Gasteiger partial charge in [-0.2, -0.15) is 0 Å². The molecule has 0 heterocycles. The molecule has 0 aliphatic heterocycles. The van der Waals surface area contributed by atoms with E-state index in [1.165, 1.54) is 38.5 Å². The van der Waals surface area contributed by atoms with Crippen molar-refractivity contribution in [3.05, 3.63) is 95.6 Å². The van der Waals surface area contributed by atoms with Crippen molar-refractivity contribution in [2.75, 3.05) is 6.61 Å². The van der Waals surface area contributed by atoms with Crippen LogP contribution >= 0.6 is 0 Å². The van der Waals surface area contributed by atoms with Crippen LogP contribution in [-0.2, 0) is 24.4 Å². The Labute approximate surface area is 229 Å². The molecule has 0 fully saturated rings. The van der Waals surface area contributed by atoms with E-state index in [1.807, 2.05) is 78.9 Å². The first kappa shape index (κ1) is 29.4. The Hall–Kier alpha value is -3.11. The fourth-order valence-electron chi connectivity index (χ4n) is 4.55. The Kier molecular flexibility index (Phi) is 14.1. The SMILES string of the molecule is O=C(CCCCCCCCCCCCO)Cc1cc(OCc2ccccc2)ccc1OCc1ccccc1. The third kappa shape index (κ3) is 12.0. The molecule has 0 aliphatic carbocycles. The van der Waals surface area contributed by atoms with Gasteiger partial charge in [0.25, 0.3) is 0 Å². The maximum absolute atomic E-state index is 12.9. The lowest BCUT2D eigenvalue weighted by molar-refractivity contribution is -0.118. The van der Waals surface area contributed by atoms with E-state index in [0.29, 0.717) is 32.7 Å². The number of carbonyl (C=O) groups excluding carboxylic acids is 1. The van der Waals surface area contributed by atoms with Crippen molar-refractivity contribution >= 4 is 5.78 Å². The average molecular weight is 517 g/mol. The Morgan fingerprint density at radius 3 is 1.71 bits per heavy atom. The molecular weight excluding hydrogens is 472 g/mol. The summed E-state index contributed by atoms with van der Waals surface area (Å²) in [6.07, 6.45) is 12.6. The number of Topliss-reactive ketones (excluding diaryl/α,β-unsaturated/α-hetero) is 1. The maximum atomic E-state index is 12.9. The number of ketones is 1. The summed E-state index contributed by atoms with van der Waals surface area (Å²) in [5.41, 5.74) is 3.09. The monoisotopic (exact) mass is 516 g/mol. The zero-order chi connectivity index (χ0) is 26.7. The van der Waals surface area contributed by atoms with Crippen molar-refractivity contribution in [3.8, 4) is 11.5 Å². The van der Waals surface area contributed by atoms with E-state index < -0.39 is 0 Å². The van der Waals surface area contributed by atoms with E-state index in [4.69, 9.17) is 14.6 Å². The summed E-state index contributed by atoms with van der Waals surface area (Å²) in [7, 11) is 0. The summed E-state index contributed by atoms with van der Waals surface area (Å²) in [6.45, 7) is 1.27. The normalized spacial score (nSPS) is 10.9. The van der Waals surface area contributed by atoms with Gasteiger partial charge in [0.1, 0.15) is 30.5 Å². The molecule has 0 spiro atoms. The van der Waals surface area contributed by atoms with Gasteiger partial charge in [0.05, 0.1) is 0 Å². The van der Waals surface area contributed by atoms with Gasteiger partial charge >= 0.3 is 0 Å². The van der Waals surface area contributed by atoms with Gasteiger partial charge in [-0.1, -0.05) is 112 Å². The maximum Gasteiger partial charge on any atom is 0.137 e. The van der Waals surface area contributed by atoms with Gasteiger partial charge in [-0.15, -0.1) is 0 Å². The van der Waals surface area contributed by atoms with Gasteiger partial charge < -0.3 is 14.6 Å². The zero-order valence-corrected chi connectivity index (χ0v) is 22.8. The van der Waals surface area contributed by atoms with E-state index in [1.54, 1.807) is 0 Å². The van der Waals surface area contributed by atoms with E-state index in [0.717, 1.165) is 53.9 Å². The molecule has 4 nitrogen and oxygen atoms in total. The van der Waals surface area contributed by atoms with Gasteiger partial charge in [0, 0.05) is 25.0 Å². The summed E-state index contributed by atoms with van der Waals surface area (Å²) < 4.78 is 12.2. The van der Waals surface area contributed by atoms with Crippen molar-refractivity contribution in [1.82, 2.24) is 0 Å². The van der Waals surface area contributed by atoms with Crippen LogP contribution < -0.4 is 9.47 Å². The molecule has 3 rings (SSSR count). The minimum absolute atomic E-state index is 0.249. The predicted octanol–water partition coefficient (Wildman–Crippen LogP) is 8.24. The molecule has 1 N–H and O–H groups in total. The first-order valence-electron chi connectivity index (χ1n) is 14.3. The van der Waals surface area contributed by atoms with Crippen LogP contribution in [0.3, 0.4) is 0 Å². The molecule has 0 aliphatic rings. The lowest BCUT2D eigenvalue weighted by atomic mass is 10.0. The number of benzene rings is 3. The smallest absolute Gasteiger partial charge is 0.137 e. The molecule has 0 saturated heterocycles. The molecule has 38 heavy (non-hydrogen) atoms. The van der Waals surface area contributed by atoms with Gasteiger partial charge in [-0.25, -0.2) is 0 Å². The van der Waals surface area contributed by atoms with Crippen LogP contribution in [0.1, 0.15) is 87.3 Å². The fourth-order valence-corrected chi connectivity index (χ4v) is 4.55. The molecule has 0 aromatic heterocycles. The molecule has 0 amide bonds. The zero-order valence-electron chi connectivity index (χ0n) is 22.8. The van der Waals surface area contributed by atoms with Crippen molar-refractivity contribution in [2.24, 2.45) is 0 Å². The largest absolute Gasteiger partial charge is 0.489 e. The number of carbonyl (C=O) groups is 1. The average Bonchev–Trinajstić information content (AvgIpc) is 2.95. The quantitative estimate of drug-likeness (QED) is 0.154. The van der Waals surface area contributed by atoms with E-state index >= 15 is 0 Å². The second-order valence-corrected chi connectivity index (χ2v) is 10.0. The third-order valence-corrected chi connectivity index (χ3v) is 6.77. The highest BCUT2D eigenvalue weighted by molar-refractivity contribution is 5.81. The molecule has 0 unspecified atom stereocenters. The highest BCUT2D eigenvalue weighted by atomic mass is 16.5. The van der Waals surface area contributed by atoms with Crippen molar-refractivity contribution in [1.29, 1.82) is 0 Å². The summed E-state index contributed by atoms with van der Waals surface area (Å²) in [5, 5.41) is 8.83. The molecule has 204 valence electrons. The van der Waals surface area contributed by atoms with Gasteiger partial charge in [-0.3, -0.25) is 4.79 Å². The van der Waals surface area contributed by atoms with Crippen LogP contribution in [0.15, 0.2) is 78.9 Å². The minimum atomic E-state index is 0.249. The fraction of sp³-hybridized carbons (Fsp3) is 0.441. The van der Waals surface area contributed by atoms with Crippen molar-refractivity contribution in [2.45, 2.75) is 90.3 Å². The number of hydrogen-bond donors (Lipinski definition) is 1. The Morgan fingerprint density at radius 1 is 0.605 bits per heavy atom. The molecule has 0 atom stereocenters. The first-order chi connectivity index (χ1) is 18.7. The lowest BCUT2D eigenvalue weighted by Crippen LogP contribution is -2.06. The first-order valence-corrected chi connectivity index (χ1v) is 14.3. The minimum Gasteiger partial charge on any atom is -0.489 e. The van der Waals surface area contributed by atoms with Gasteiger partial charge in [-0.05, 0) is 42.2 Å². The summed E-state index contributed by atoms with van der Waals surface area (Å²) in [5.74, 6) is 1.74. The van der Waals surface area contributed by atoms with Crippen LogP contribution in [0, 0.1) is 0 Å². The highest BCUT2D eigenvalue weighted by Gasteiger charge is 2.12. The number of aliphatic hydroxyl groups is 1. The van der Waals surface area contributed by atoms with Crippen LogP contribution in [0.5, 0.6) is 11.5 Å². The van der Waals surface area contributed by atoms with E-state index in [-0.39, 0.29) is 5.78 Å². The molecule has 4 heteroatoms. The molecule has 0 bridgehead atoms. The summed E-state index contributed by atoms with van der Waals surface area (Å²) in [6, 6.07) is 26.0. The number of hydrogen-bond acceptors (Lipinski definition) is 4. The highest BCUT2D eigenvalue weighted by Crippen LogP contribution is 2.27. The second kappa shape index (κ2) is 18.2. The topological polar surface area (TPSA) is 55.8 Å². The summed E-state index contributed by atoms with van der Waals surface area (Å²) >= 11 is 0. The van der Waals surface area contributed by atoms with Crippen LogP contribution in [0.25, 0.3) is 0 Å². The Morgan fingerprint density at radius 2 is 1.13 bits per heavy atom. The Balaban J connectivity index is 1.45. The van der Waals surface area contributed by atoms with Gasteiger partial charge in [0.15, 0.2) is 0 Å². The Bertz CT molecular complexity index is 1030. The standard InChI is InChI=1S/C34H44O4/c35-24-16-8-6-4-2-1-3-5-7-15-21-32(36)25-31-26-33(37-27-29-17-11-9-12-18-29)22-23-34(31)38-28-30-19-13-10-14-20-30/h9-14,17-20,22-23,26,35H,1-8,15-16,21,24-25,27-28H2. The lowest BCUT2D eigenvalue weighted by Gasteiger charge is -2.14. The summed E-state index contributed by atoms with van der Waals surface area (Å²) in [4.78, 5) is 12.9. The number of aliphatic hydroxyl groups excluding tert-OH is 1. The number of rotatable bonds is 20. The molecule has 0 saturated carbocycles. The van der Waals surface area contributed by atoms with Crippen molar-refractivity contribution < 1.29 is 19.4 Å². The molecule has 0 radical (unpaired) electrons. The molecular formula is C34H44O4. The molecule has 3 aromatic carbocycles. The number of unbranched alkanes of at least 4 members (excludes halogenated alkanes) is 9. The van der Waals surface area contributed by atoms with Crippen molar-refractivity contribution in [3.63, 3.8) is 0 Å². The van der Waals surface area contributed by atoms with Gasteiger partial charge in [0.2, 0.25) is 0 Å². The second-order valence-electron chi connectivity index (χ2n) is 10.0. The third-order valence-electron chi connectivity index (χ3n) is 6.77. The predicted molar refractivity (Wildman–Crippen MR) is 155 cm³/mol. The van der Waals surface area contributed by atoms with E-state index in [9.17, 15) is 4.79 Å². The van der Waals surface area contributed by atoms with E-state index in [2.05, 4.69) is 0 Å². The number of ether oxygens (including phenoxy) is 2.